The summed E-state index contributed by atoms with van der Waals surface area (Å²) in [6, 6.07) is 0. The molecule has 0 fully saturated rings. The van der Waals surface area contributed by atoms with E-state index in [0.717, 1.165) is 32.1 Å². The second-order valence-electron chi connectivity index (χ2n) is 6.25. The van der Waals surface area contributed by atoms with Crippen LogP contribution in [0.25, 0.3) is 0 Å². The van der Waals surface area contributed by atoms with E-state index in [1.165, 1.54) is 0 Å². The van der Waals surface area contributed by atoms with Crippen LogP contribution in [-0.4, -0.2) is 49.7 Å². The summed E-state index contributed by atoms with van der Waals surface area (Å²) in [4.78, 5) is 22.7. The van der Waals surface area contributed by atoms with Gasteiger partial charge >= 0.3 is 37.7 Å². The predicted molar refractivity (Wildman–Crippen MR) is 75.6 cm³/mol. The monoisotopic (exact) mass is 310 g/mol. The van der Waals surface area contributed by atoms with Crippen LogP contribution in [-0.2, 0) is 9.59 Å². The van der Waals surface area contributed by atoms with Crippen molar-refractivity contribution >= 4 is 49.7 Å². The average molecular weight is 310 g/mol. The summed E-state index contributed by atoms with van der Waals surface area (Å²) in [5.41, 5.74) is -2.83. The maximum absolute atomic E-state index is 11.3. The minimum absolute atomic E-state index is 0. The van der Waals surface area contributed by atoms with Crippen LogP contribution >= 0.6 is 0 Å². The molecule has 0 aliphatic carbocycles. The third-order valence-electron chi connectivity index (χ3n) is 3.88. The zero-order valence-electron chi connectivity index (χ0n) is 13.3. The van der Waals surface area contributed by atoms with Crippen molar-refractivity contribution in [1.29, 1.82) is 0 Å². The van der Waals surface area contributed by atoms with Crippen LogP contribution in [0.5, 0.6) is 0 Å². The summed E-state index contributed by atoms with van der Waals surface area (Å²) in [7, 11) is 0. The Kier molecular flexibility index (Phi) is 11.3. The molecule has 0 radical (unpaired) electrons. The van der Waals surface area contributed by atoms with Gasteiger partial charge in [0, 0.05) is 0 Å². The molecule has 0 N–H and O–H groups in total. The zero-order chi connectivity index (χ0) is 15.1. The second kappa shape index (κ2) is 10.0. The Morgan fingerprint density at radius 2 is 1.25 bits per heavy atom. The van der Waals surface area contributed by atoms with Crippen molar-refractivity contribution in [3.05, 3.63) is 0 Å². The topological polar surface area (TPSA) is 80.3 Å². The van der Waals surface area contributed by atoms with Gasteiger partial charge in [-0.05, 0) is 11.8 Å². The Bertz CT molecular complexity index is 293. The third kappa shape index (κ3) is 5.90. The molecule has 112 valence electrons. The second-order valence-corrected chi connectivity index (χ2v) is 6.25. The minimum atomic E-state index is -1.91. The zero-order valence-corrected chi connectivity index (χ0v) is 15.5. The minimum Gasteiger partial charge on any atom is -0.549 e. The maximum atomic E-state index is 11.3. The molecule has 20 heavy (non-hydrogen) atoms. The van der Waals surface area contributed by atoms with Crippen molar-refractivity contribution in [1.82, 2.24) is 0 Å². The van der Waals surface area contributed by atoms with Gasteiger partial charge in [-0.25, -0.2) is 0 Å². The van der Waals surface area contributed by atoms with Gasteiger partial charge in [-0.1, -0.05) is 66.2 Å². The number of aliphatic carboxylic acids is 2. The largest absolute Gasteiger partial charge is 2.00 e. The van der Waals surface area contributed by atoms with E-state index < -0.39 is 22.8 Å². The van der Waals surface area contributed by atoms with Crippen molar-refractivity contribution < 1.29 is 19.8 Å². The van der Waals surface area contributed by atoms with Crippen LogP contribution in [0.3, 0.4) is 0 Å². The first-order valence-corrected chi connectivity index (χ1v) is 7.13. The van der Waals surface area contributed by atoms with E-state index in [0.29, 0.717) is 6.42 Å². The van der Waals surface area contributed by atoms with Crippen molar-refractivity contribution in [2.75, 3.05) is 0 Å². The number of carbonyl (C=O) groups excluding carboxylic acids is 2. The van der Waals surface area contributed by atoms with E-state index in [9.17, 15) is 19.8 Å². The fourth-order valence-corrected chi connectivity index (χ4v) is 2.45. The summed E-state index contributed by atoms with van der Waals surface area (Å²) >= 11 is 0. The summed E-state index contributed by atoms with van der Waals surface area (Å²) in [6.07, 6.45) is 5.91. The average Bonchev–Trinajstić information content (AvgIpc) is 2.25. The van der Waals surface area contributed by atoms with Crippen LogP contribution in [0.15, 0.2) is 0 Å². The third-order valence-corrected chi connectivity index (χ3v) is 3.88. The molecule has 0 saturated heterocycles. The van der Waals surface area contributed by atoms with Gasteiger partial charge in [-0.15, -0.1) is 0 Å². The molecule has 0 aliphatic rings. The molecular formula is C15H26CaO4. The Morgan fingerprint density at radius 3 is 1.60 bits per heavy atom. The molecule has 0 atom stereocenters. The van der Waals surface area contributed by atoms with E-state index in [4.69, 9.17) is 0 Å². The van der Waals surface area contributed by atoms with E-state index in [2.05, 4.69) is 6.92 Å². The Morgan fingerprint density at radius 1 is 0.850 bits per heavy atom. The first-order valence-electron chi connectivity index (χ1n) is 7.13. The molecular weight excluding hydrogens is 284 g/mol. The number of rotatable bonds is 9. The first kappa shape index (κ1) is 22.5. The molecule has 0 aromatic carbocycles. The molecule has 0 rings (SSSR count). The van der Waals surface area contributed by atoms with Gasteiger partial charge in [-0.2, -0.15) is 0 Å². The fourth-order valence-electron chi connectivity index (χ4n) is 2.45. The Balaban J connectivity index is 0. The van der Waals surface area contributed by atoms with Gasteiger partial charge in [0.05, 0.1) is 17.4 Å². The summed E-state index contributed by atoms with van der Waals surface area (Å²) in [5, 5.41) is 22.7. The maximum Gasteiger partial charge on any atom is 2.00 e. The molecule has 5 heteroatoms. The SMILES string of the molecule is CCCCCCCCC(C(=O)[O-])(C(=O)[O-])C(C)(C)C.[Ca+2]. The molecule has 0 amide bonds. The van der Waals surface area contributed by atoms with Crippen LogP contribution in [0.2, 0.25) is 0 Å². The number of unbranched alkanes of at least 4 members (excludes halogenated alkanes) is 5. The van der Waals surface area contributed by atoms with Crippen molar-refractivity contribution in [3.8, 4) is 0 Å². The van der Waals surface area contributed by atoms with E-state index >= 15 is 0 Å². The molecule has 0 unspecified atom stereocenters. The Labute approximate surface area is 152 Å². The van der Waals surface area contributed by atoms with Gasteiger partial charge in [0.2, 0.25) is 0 Å². The number of hydrogen-bond donors (Lipinski definition) is 0. The molecule has 0 saturated carbocycles. The normalized spacial score (nSPS) is 11.8. The fraction of sp³-hybridized carbons (Fsp3) is 0.867. The van der Waals surface area contributed by atoms with Crippen LogP contribution in [0.4, 0.5) is 0 Å². The molecule has 0 spiro atoms. The molecule has 0 bridgehead atoms. The van der Waals surface area contributed by atoms with Crippen molar-refractivity contribution in [3.63, 3.8) is 0 Å². The molecule has 0 heterocycles. The number of carboxylic acids is 2. The number of carbonyl (C=O) groups is 2. The molecule has 0 aromatic heterocycles. The van der Waals surface area contributed by atoms with Crippen LogP contribution in [0, 0.1) is 10.8 Å². The van der Waals surface area contributed by atoms with E-state index in [1.807, 2.05) is 0 Å². The number of carboxylic acid groups (broad SMARTS) is 2. The van der Waals surface area contributed by atoms with E-state index in [-0.39, 0.29) is 44.2 Å². The molecule has 0 aromatic rings. The van der Waals surface area contributed by atoms with Gasteiger partial charge in [-0.3, -0.25) is 0 Å². The summed E-state index contributed by atoms with van der Waals surface area (Å²) in [6.45, 7) is 6.94. The first-order chi connectivity index (χ1) is 8.70. The van der Waals surface area contributed by atoms with Gasteiger partial charge in [0.1, 0.15) is 0 Å². The smallest absolute Gasteiger partial charge is 0.549 e. The quantitative estimate of drug-likeness (QED) is 0.360. The Hall–Kier alpha value is 0.200. The van der Waals surface area contributed by atoms with Crippen LogP contribution < -0.4 is 10.2 Å². The van der Waals surface area contributed by atoms with Gasteiger partial charge in [0.15, 0.2) is 0 Å². The van der Waals surface area contributed by atoms with Crippen LogP contribution in [0.1, 0.15) is 72.6 Å². The summed E-state index contributed by atoms with van der Waals surface area (Å²) < 4.78 is 0. The molecule has 0 aliphatic heterocycles. The number of hydrogen-bond acceptors (Lipinski definition) is 4. The predicted octanol–water partition coefficient (Wildman–Crippen LogP) is 0.888. The van der Waals surface area contributed by atoms with Gasteiger partial charge < -0.3 is 19.8 Å². The standard InChI is InChI=1S/C15H28O4.Ca/c1-5-6-7-8-9-10-11-15(12(16)17,13(18)19)14(2,3)4;/h5-11H2,1-4H3,(H,16,17)(H,18,19);/q;+2/p-2. The molecule has 4 nitrogen and oxygen atoms in total. The van der Waals surface area contributed by atoms with E-state index in [1.54, 1.807) is 20.8 Å². The van der Waals surface area contributed by atoms with Crippen molar-refractivity contribution in [2.24, 2.45) is 10.8 Å². The van der Waals surface area contributed by atoms with Gasteiger partial charge in [0.25, 0.3) is 0 Å². The summed E-state index contributed by atoms with van der Waals surface area (Å²) in [5.74, 6) is -3.07. The van der Waals surface area contributed by atoms with Crippen molar-refractivity contribution in [2.45, 2.75) is 72.6 Å².